The van der Waals surface area contributed by atoms with Gasteiger partial charge in [0, 0.05) is 18.4 Å². The molecule has 1 aliphatic heterocycles. The van der Waals surface area contributed by atoms with E-state index in [1.807, 2.05) is 54.7 Å². The second-order valence-electron chi connectivity index (χ2n) is 7.51. The predicted molar refractivity (Wildman–Crippen MR) is 116 cm³/mol. The van der Waals surface area contributed by atoms with Gasteiger partial charge in [-0.1, -0.05) is 11.3 Å². The van der Waals surface area contributed by atoms with Crippen LogP contribution in [0.3, 0.4) is 0 Å². The predicted octanol–water partition coefficient (Wildman–Crippen LogP) is 2.66. The van der Waals surface area contributed by atoms with Gasteiger partial charge < -0.3 is 10.6 Å². The molecule has 0 spiro atoms. The zero-order chi connectivity index (χ0) is 21.0. The first kappa shape index (κ1) is 19.1. The zero-order valence-electron chi connectivity index (χ0n) is 16.8. The second kappa shape index (κ2) is 8.49. The smallest absolute Gasteiger partial charge is 0.228 e. The summed E-state index contributed by atoms with van der Waals surface area (Å²) in [5.74, 6) is 0.0857. The average molecular weight is 414 g/mol. The molecule has 156 valence electrons. The normalized spacial score (nSPS) is 16.2. The van der Waals surface area contributed by atoms with Gasteiger partial charge in [0.2, 0.25) is 5.91 Å². The summed E-state index contributed by atoms with van der Waals surface area (Å²) >= 11 is 0. The molecule has 1 amide bonds. The zero-order valence-corrected chi connectivity index (χ0v) is 16.8. The van der Waals surface area contributed by atoms with Gasteiger partial charge in [-0.2, -0.15) is 5.10 Å². The van der Waals surface area contributed by atoms with Crippen molar-refractivity contribution in [3.8, 4) is 28.5 Å². The Labute approximate surface area is 178 Å². The molecule has 4 heterocycles. The van der Waals surface area contributed by atoms with Crippen molar-refractivity contribution in [2.24, 2.45) is 5.92 Å². The number of pyridine rings is 1. The third kappa shape index (κ3) is 4.22. The van der Waals surface area contributed by atoms with Crippen molar-refractivity contribution in [1.82, 2.24) is 35.5 Å². The molecule has 1 saturated heterocycles. The number of H-pyrrole nitrogens is 1. The van der Waals surface area contributed by atoms with Crippen LogP contribution in [0.25, 0.3) is 28.5 Å². The number of aromatic nitrogens is 6. The van der Waals surface area contributed by atoms with Crippen molar-refractivity contribution >= 4 is 11.6 Å². The lowest BCUT2D eigenvalue weighted by atomic mass is 9.99. The number of anilines is 1. The molecule has 1 fully saturated rings. The fourth-order valence-corrected chi connectivity index (χ4v) is 3.65. The van der Waals surface area contributed by atoms with E-state index in [1.165, 1.54) is 0 Å². The summed E-state index contributed by atoms with van der Waals surface area (Å²) < 4.78 is 1.69. The van der Waals surface area contributed by atoms with Gasteiger partial charge in [-0.05, 0) is 61.9 Å². The Balaban J connectivity index is 1.30. The number of amides is 1. The number of carbonyl (C=O) groups excluding carboxylic acids is 1. The number of aromatic amines is 1. The largest absolute Gasteiger partial charge is 0.326 e. The highest BCUT2D eigenvalue weighted by Crippen LogP contribution is 2.21. The first-order chi connectivity index (χ1) is 15.3. The van der Waals surface area contributed by atoms with Gasteiger partial charge in [-0.3, -0.25) is 9.89 Å². The van der Waals surface area contributed by atoms with Crippen molar-refractivity contribution in [2.75, 3.05) is 18.4 Å². The topological polar surface area (TPSA) is 113 Å². The number of nitrogens with one attached hydrogen (secondary N) is 3. The quantitative estimate of drug-likeness (QED) is 0.463. The molecule has 3 N–H and O–H groups in total. The van der Waals surface area contributed by atoms with E-state index in [-0.39, 0.29) is 11.8 Å². The minimum atomic E-state index is 0.0244. The van der Waals surface area contributed by atoms with Gasteiger partial charge in [0.05, 0.1) is 34.9 Å². The van der Waals surface area contributed by atoms with E-state index < -0.39 is 0 Å². The van der Waals surface area contributed by atoms with Crippen LogP contribution in [-0.4, -0.2) is 49.2 Å². The molecular weight excluding hydrogens is 392 g/mol. The number of piperidine rings is 1. The Morgan fingerprint density at radius 3 is 2.71 bits per heavy atom. The molecule has 1 aromatic carbocycles. The Bertz CT molecular complexity index is 1160. The third-order valence-electron chi connectivity index (χ3n) is 5.35. The monoisotopic (exact) mass is 414 g/mol. The lowest BCUT2D eigenvalue weighted by Crippen LogP contribution is -2.37. The van der Waals surface area contributed by atoms with E-state index in [4.69, 9.17) is 0 Å². The van der Waals surface area contributed by atoms with Crippen LogP contribution in [0, 0.1) is 5.92 Å². The van der Waals surface area contributed by atoms with Crippen LogP contribution in [0.5, 0.6) is 0 Å². The van der Waals surface area contributed by atoms with Gasteiger partial charge in [0.1, 0.15) is 5.69 Å². The molecule has 1 atom stereocenters. The lowest BCUT2D eigenvalue weighted by molar-refractivity contribution is -0.120. The lowest BCUT2D eigenvalue weighted by Gasteiger charge is -2.21. The van der Waals surface area contributed by atoms with Crippen molar-refractivity contribution < 1.29 is 4.79 Å². The number of rotatable bonds is 5. The number of hydrogen-bond donors (Lipinski definition) is 3. The van der Waals surface area contributed by atoms with Crippen molar-refractivity contribution in [2.45, 2.75) is 12.8 Å². The first-order valence-corrected chi connectivity index (χ1v) is 10.3. The second-order valence-corrected chi connectivity index (χ2v) is 7.51. The van der Waals surface area contributed by atoms with Crippen LogP contribution in [0.1, 0.15) is 12.8 Å². The molecule has 3 aromatic heterocycles. The summed E-state index contributed by atoms with van der Waals surface area (Å²) in [5.41, 5.74) is 4.65. The Morgan fingerprint density at radius 1 is 1.06 bits per heavy atom. The van der Waals surface area contributed by atoms with Crippen LogP contribution >= 0.6 is 0 Å². The Hall–Kier alpha value is -3.85. The maximum Gasteiger partial charge on any atom is 0.228 e. The van der Waals surface area contributed by atoms with Gasteiger partial charge in [-0.15, -0.1) is 5.10 Å². The number of nitrogens with zero attached hydrogens (tertiary/aromatic N) is 5. The summed E-state index contributed by atoms with van der Waals surface area (Å²) in [6, 6.07) is 15.2. The van der Waals surface area contributed by atoms with Gasteiger partial charge in [0.25, 0.3) is 0 Å². The average Bonchev–Trinajstić information content (AvgIpc) is 3.53. The summed E-state index contributed by atoms with van der Waals surface area (Å²) in [6.07, 6.45) is 5.48. The fraction of sp³-hybridized carbons (Fsp3) is 0.227. The summed E-state index contributed by atoms with van der Waals surface area (Å²) in [5, 5.41) is 21.6. The van der Waals surface area contributed by atoms with E-state index in [0.717, 1.165) is 54.4 Å². The van der Waals surface area contributed by atoms with E-state index in [2.05, 4.69) is 36.1 Å². The number of hydrogen-bond acceptors (Lipinski definition) is 6. The van der Waals surface area contributed by atoms with E-state index in [1.54, 1.807) is 10.9 Å². The highest BCUT2D eigenvalue weighted by atomic mass is 16.1. The molecule has 4 aromatic rings. The van der Waals surface area contributed by atoms with Crippen molar-refractivity contribution in [1.29, 1.82) is 0 Å². The third-order valence-corrected chi connectivity index (χ3v) is 5.35. The molecule has 0 radical (unpaired) electrons. The van der Waals surface area contributed by atoms with E-state index >= 15 is 0 Å². The fourth-order valence-electron chi connectivity index (χ4n) is 3.65. The Morgan fingerprint density at radius 2 is 1.94 bits per heavy atom. The van der Waals surface area contributed by atoms with E-state index in [0.29, 0.717) is 5.69 Å². The van der Waals surface area contributed by atoms with Crippen LogP contribution < -0.4 is 10.6 Å². The number of carbonyl (C=O) groups is 1. The SMILES string of the molecule is O=C(Nc1ccc(-n2cc(-c3cccc(-c4ccn[nH]4)n3)nn2)cc1)[C@H]1CCCNC1. The van der Waals surface area contributed by atoms with Gasteiger partial charge >= 0.3 is 0 Å². The standard InChI is InChI=1S/C22H22N8O/c31-22(15-3-2-11-23-13-15)25-16-6-8-17(9-7-16)30-14-21(28-29-30)19-5-1-4-18(26-19)20-10-12-24-27-20/h1,4-10,12,14-15,23H,2-3,11,13H2,(H,24,27)(H,25,31)/t15-/m0/s1. The van der Waals surface area contributed by atoms with Crippen LogP contribution in [0.2, 0.25) is 0 Å². The number of benzene rings is 1. The summed E-state index contributed by atoms with van der Waals surface area (Å²) in [7, 11) is 0. The van der Waals surface area contributed by atoms with Gasteiger partial charge in [0.15, 0.2) is 0 Å². The maximum absolute atomic E-state index is 12.4. The molecule has 1 aliphatic rings. The molecule has 0 unspecified atom stereocenters. The molecule has 9 nitrogen and oxygen atoms in total. The van der Waals surface area contributed by atoms with E-state index in [9.17, 15) is 4.79 Å². The molecular formula is C22H22N8O. The highest BCUT2D eigenvalue weighted by molar-refractivity contribution is 5.92. The van der Waals surface area contributed by atoms with Crippen molar-refractivity contribution in [3.63, 3.8) is 0 Å². The minimum Gasteiger partial charge on any atom is -0.326 e. The molecule has 0 aliphatic carbocycles. The molecule has 0 bridgehead atoms. The first-order valence-electron chi connectivity index (χ1n) is 10.3. The summed E-state index contributed by atoms with van der Waals surface area (Å²) in [4.78, 5) is 17.0. The van der Waals surface area contributed by atoms with Crippen molar-refractivity contribution in [3.05, 3.63) is 60.9 Å². The highest BCUT2D eigenvalue weighted by Gasteiger charge is 2.20. The van der Waals surface area contributed by atoms with Crippen LogP contribution in [-0.2, 0) is 4.79 Å². The minimum absolute atomic E-state index is 0.0244. The van der Waals surface area contributed by atoms with Gasteiger partial charge in [-0.25, -0.2) is 9.67 Å². The maximum atomic E-state index is 12.4. The molecule has 5 rings (SSSR count). The Kier molecular flexibility index (Phi) is 5.24. The summed E-state index contributed by atoms with van der Waals surface area (Å²) in [6.45, 7) is 1.72. The molecule has 31 heavy (non-hydrogen) atoms. The van der Waals surface area contributed by atoms with Crippen LogP contribution in [0.4, 0.5) is 5.69 Å². The molecule has 9 heteroatoms. The van der Waals surface area contributed by atoms with Crippen LogP contribution in [0.15, 0.2) is 60.9 Å². The molecule has 0 saturated carbocycles.